The van der Waals surface area contributed by atoms with Gasteiger partial charge in [0.05, 0.1) is 0 Å². The zero-order chi connectivity index (χ0) is 57.7. The molecule has 0 spiro atoms. The average Bonchev–Trinajstić information content (AvgIpc) is 0.688. The number of anilines is 17. The van der Waals surface area contributed by atoms with E-state index >= 15 is 0 Å². The van der Waals surface area contributed by atoms with E-state index in [1.54, 1.807) is 0 Å². The number of hydrogen-bond acceptors (Lipinski definition) is 7. The second-order valence-electron chi connectivity index (χ2n) is 24.7. The van der Waals surface area contributed by atoms with Crippen LogP contribution in [0.3, 0.4) is 0 Å². The van der Waals surface area contributed by atoms with Crippen LogP contribution in [0.25, 0.3) is 0 Å². The van der Waals surface area contributed by atoms with E-state index in [1.807, 2.05) is 0 Å². The van der Waals surface area contributed by atoms with Crippen molar-refractivity contribution in [2.24, 2.45) is 0 Å². The largest absolute Gasteiger partial charge is 0.458 e. The molecular weight excluding hydrogens is 1080 g/mol. The standard InChI is InChI=1S/C78H48B4N6O/c1-5-23-48(24-6-1)84-62-36-17-13-31-52(62)79-56-43-57-68(45-61(56)83-60-35-21-40-66(84)74(60)79)88-65-39-20-16-34-55(65)81-58-44-59-73(89-72-42-22-41-67-75(72)82(59)54-33-15-18-37-63(54)85(67)49-25-7-2-8-26-49)47-69(58)87(51-29-11-4-12-30-51)71-46-70-76(78(88)77(71)81)80(57)53-32-14-19-38-64(53)86(70)50-27-9-3-10-28-50/h1-47,83H. The molecule has 8 aliphatic heterocycles. The van der Waals surface area contributed by atoms with Crippen LogP contribution in [0, 0.1) is 0 Å². The molecule has 11 heteroatoms. The van der Waals surface area contributed by atoms with Crippen LogP contribution in [0.4, 0.5) is 96.7 Å². The van der Waals surface area contributed by atoms with Gasteiger partial charge in [-0.25, -0.2) is 0 Å². The Morgan fingerprint density at radius 3 is 1.12 bits per heavy atom. The first kappa shape index (κ1) is 47.9. The summed E-state index contributed by atoms with van der Waals surface area (Å²) in [6.45, 7) is -0.372. The second kappa shape index (κ2) is 17.7. The first-order valence-electron chi connectivity index (χ1n) is 31.1. The smallest absolute Gasteiger partial charge is 0.256 e. The molecule has 13 aromatic rings. The molecule has 0 atom stereocenters. The van der Waals surface area contributed by atoms with Gasteiger partial charge in [0, 0.05) is 103 Å². The molecule has 13 aromatic carbocycles. The van der Waals surface area contributed by atoms with E-state index in [4.69, 9.17) is 4.74 Å². The fraction of sp³-hybridized carbons (Fsp3) is 0. The van der Waals surface area contributed by atoms with Crippen molar-refractivity contribution in [3.63, 3.8) is 0 Å². The van der Waals surface area contributed by atoms with Gasteiger partial charge in [-0.15, -0.1) is 0 Å². The number of rotatable bonds is 4. The molecule has 8 heterocycles. The Morgan fingerprint density at radius 1 is 0.225 bits per heavy atom. The molecule has 0 aromatic heterocycles. The first-order valence-corrected chi connectivity index (χ1v) is 31.1. The van der Waals surface area contributed by atoms with Crippen LogP contribution >= 0.6 is 0 Å². The number of benzene rings is 13. The number of hydrogen-bond donors (Lipinski definition) is 1. The molecule has 89 heavy (non-hydrogen) atoms. The predicted octanol–water partition coefficient (Wildman–Crippen LogP) is 11.1. The van der Waals surface area contributed by atoms with Crippen molar-refractivity contribution in [3.8, 4) is 11.5 Å². The molecule has 0 fully saturated rings. The molecule has 0 radical (unpaired) electrons. The van der Waals surface area contributed by atoms with Crippen molar-refractivity contribution in [1.29, 1.82) is 0 Å². The maximum absolute atomic E-state index is 7.38. The molecule has 0 bridgehead atoms. The Balaban J connectivity index is 0.846. The number of nitrogens with zero attached hydrogens (tertiary/aromatic N) is 5. The Kier molecular flexibility index (Phi) is 9.52. The lowest BCUT2D eigenvalue weighted by Crippen LogP contribution is -2.70. The van der Waals surface area contributed by atoms with E-state index in [0.29, 0.717) is 0 Å². The Morgan fingerprint density at radius 2 is 0.607 bits per heavy atom. The molecule has 8 aliphatic rings. The zero-order valence-corrected chi connectivity index (χ0v) is 48.1. The van der Waals surface area contributed by atoms with Crippen LogP contribution < -0.4 is 100 Å². The topological polar surface area (TPSA) is 37.5 Å². The van der Waals surface area contributed by atoms with Crippen molar-refractivity contribution in [2.75, 3.05) is 29.8 Å². The van der Waals surface area contributed by atoms with Crippen LogP contribution in [0.2, 0.25) is 0 Å². The van der Waals surface area contributed by atoms with Crippen LogP contribution in [0.1, 0.15) is 0 Å². The van der Waals surface area contributed by atoms with Gasteiger partial charge in [0.25, 0.3) is 26.9 Å². The lowest BCUT2D eigenvalue weighted by Gasteiger charge is -2.51. The van der Waals surface area contributed by atoms with Gasteiger partial charge in [-0.05, 0) is 175 Å². The Labute approximate surface area is 517 Å². The summed E-state index contributed by atoms with van der Waals surface area (Å²) in [5, 5.41) is 4.14. The van der Waals surface area contributed by atoms with E-state index in [2.05, 4.69) is 315 Å². The summed E-state index contributed by atoms with van der Waals surface area (Å²) in [5.74, 6) is 1.77. The SMILES string of the molecule is c1ccc(N2c3ccccc3B3c4cc5c(cc4Nc4cccc2c43)N2c3ccccc3B3c4cc6c(cc4N(c4ccccc4)c4cc7c(c2c43)B5c2ccccc2N7c2ccccc2)Oc2cccc3c2B6c2ccccc2N3c2ccccc2)cc1. The highest BCUT2D eigenvalue weighted by Gasteiger charge is 2.54. The van der Waals surface area contributed by atoms with Gasteiger partial charge in [-0.3, -0.25) is 0 Å². The molecule has 1 N–H and O–H groups in total. The summed E-state index contributed by atoms with van der Waals surface area (Å²) < 4.78 is 7.38. The highest BCUT2D eigenvalue weighted by molar-refractivity contribution is 7.06. The lowest BCUT2D eigenvalue weighted by atomic mass is 9.27. The van der Waals surface area contributed by atoms with Crippen LogP contribution in [-0.2, 0) is 0 Å². The number of para-hydroxylation sites is 8. The summed E-state index contributed by atoms with van der Waals surface area (Å²) in [7, 11) is 0. The minimum absolute atomic E-state index is 0.0209. The summed E-state index contributed by atoms with van der Waals surface area (Å²) >= 11 is 0. The lowest BCUT2D eigenvalue weighted by molar-refractivity contribution is 0.488. The van der Waals surface area contributed by atoms with E-state index in [0.717, 1.165) is 62.7 Å². The normalized spacial score (nSPS) is 14.5. The van der Waals surface area contributed by atoms with E-state index in [1.165, 1.54) is 111 Å². The molecule has 7 nitrogen and oxygen atoms in total. The molecule has 21 rings (SSSR count). The van der Waals surface area contributed by atoms with E-state index in [9.17, 15) is 0 Å². The second-order valence-corrected chi connectivity index (χ2v) is 24.7. The van der Waals surface area contributed by atoms with Crippen molar-refractivity contribution in [2.45, 2.75) is 0 Å². The Bertz CT molecular complexity index is 5250. The molecule has 0 unspecified atom stereocenters. The summed E-state index contributed by atoms with van der Waals surface area (Å²) in [5.41, 5.74) is 35.0. The predicted molar refractivity (Wildman–Crippen MR) is 375 cm³/mol. The van der Waals surface area contributed by atoms with Crippen LogP contribution in [0.5, 0.6) is 11.5 Å². The third kappa shape index (κ3) is 6.30. The van der Waals surface area contributed by atoms with Crippen molar-refractivity contribution < 1.29 is 4.74 Å². The maximum Gasteiger partial charge on any atom is 0.256 e. The van der Waals surface area contributed by atoms with Crippen molar-refractivity contribution in [1.82, 2.24) is 0 Å². The molecule has 0 saturated heterocycles. The summed E-state index contributed by atoms with van der Waals surface area (Å²) in [4.78, 5) is 12.7. The first-order chi connectivity index (χ1) is 44.2. The van der Waals surface area contributed by atoms with Gasteiger partial charge in [-0.2, -0.15) is 0 Å². The number of nitrogens with one attached hydrogen (secondary N) is 1. The fourth-order valence-electron chi connectivity index (χ4n) is 17.1. The van der Waals surface area contributed by atoms with Gasteiger partial charge < -0.3 is 34.6 Å². The molecule has 0 amide bonds. The van der Waals surface area contributed by atoms with Crippen molar-refractivity contribution in [3.05, 3.63) is 285 Å². The van der Waals surface area contributed by atoms with Gasteiger partial charge in [-0.1, -0.05) is 170 Å². The minimum Gasteiger partial charge on any atom is -0.458 e. The minimum atomic E-state index is -0.147. The maximum atomic E-state index is 7.38. The zero-order valence-electron chi connectivity index (χ0n) is 48.1. The van der Waals surface area contributed by atoms with Crippen molar-refractivity contribution >= 4 is 189 Å². The molecule has 0 saturated carbocycles. The van der Waals surface area contributed by atoms with E-state index < -0.39 is 0 Å². The van der Waals surface area contributed by atoms with Gasteiger partial charge in [0.15, 0.2) is 0 Å². The molecule has 408 valence electrons. The highest BCUT2D eigenvalue weighted by atomic mass is 16.5. The van der Waals surface area contributed by atoms with Gasteiger partial charge >= 0.3 is 0 Å². The van der Waals surface area contributed by atoms with Crippen LogP contribution in [0.15, 0.2) is 285 Å². The molecule has 0 aliphatic carbocycles. The number of ether oxygens (including phenoxy) is 1. The monoisotopic (exact) mass is 1130 g/mol. The Hall–Kier alpha value is -11.3. The quantitative estimate of drug-likeness (QED) is 0.176. The third-order valence-electron chi connectivity index (χ3n) is 20.4. The molecular formula is C78H48B4N6O. The summed E-state index contributed by atoms with van der Waals surface area (Å²) in [6, 6.07) is 106. The van der Waals surface area contributed by atoms with E-state index in [-0.39, 0.29) is 26.9 Å². The number of fused-ring (bicyclic) bond motifs is 18. The van der Waals surface area contributed by atoms with Gasteiger partial charge in [0.1, 0.15) is 11.5 Å². The summed E-state index contributed by atoms with van der Waals surface area (Å²) in [6.07, 6.45) is 0. The average molecular weight is 1130 g/mol. The third-order valence-corrected chi connectivity index (χ3v) is 20.4. The highest BCUT2D eigenvalue weighted by Crippen LogP contribution is 2.52. The van der Waals surface area contributed by atoms with Gasteiger partial charge in [0.2, 0.25) is 0 Å². The van der Waals surface area contributed by atoms with Crippen LogP contribution in [-0.4, -0.2) is 26.9 Å². The fourth-order valence-corrected chi connectivity index (χ4v) is 17.1.